The molecule has 1 amide bonds. The smallest absolute Gasteiger partial charge is 0.434 e. The second kappa shape index (κ2) is 9.00. The van der Waals surface area contributed by atoms with E-state index in [2.05, 4.69) is 15.1 Å². The van der Waals surface area contributed by atoms with Crippen LogP contribution < -0.4 is 0 Å². The number of halogens is 3. The molecule has 0 saturated carbocycles. The van der Waals surface area contributed by atoms with E-state index in [9.17, 15) is 22.8 Å². The number of hydrogen-bond acceptors (Lipinski definition) is 5. The van der Waals surface area contributed by atoms with E-state index in [-0.39, 0.29) is 30.3 Å². The van der Waals surface area contributed by atoms with Crippen molar-refractivity contribution in [3.05, 3.63) is 77.4 Å². The van der Waals surface area contributed by atoms with Gasteiger partial charge in [0.25, 0.3) is 5.91 Å². The standard InChI is InChI=1S/C23H20F3N5O3/c1-3-34-22(33)16-12-27-31(20(16)23(24,25)26)15-10-8-14(9-11-15)21(32)30(2)13-19-28-17-6-4-5-7-18(17)29-19/h4-12H,3,13H2,1-2H3,(H,28,29). The molecule has 176 valence electrons. The monoisotopic (exact) mass is 471 g/mol. The zero-order valence-corrected chi connectivity index (χ0v) is 18.3. The molecule has 0 saturated heterocycles. The molecule has 11 heteroatoms. The van der Waals surface area contributed by atoms with Crippen LogP contribution in [-0.2, 0) is 17.5 Å². The van der Waals surface area contributed by atoms with Crippen LogP contribution in [0.3, 0.4) is 0 Å². The Balaban J connectivity index is 1.56. The van der Waals surface area contributed by atoms with Crippen molar-refractivity contribution in [2.24, 2.45) is 0 Å². The minimum atomic E-state index is -4.85. The average Bonchev–Trinajstić information content (AvgIpc) is 3.43. The van der Waals surface area contributed by atoms with E-state index in [4.69, 9.17) is 4.74 Å². The summed E-state index contributed by atoms with van der Waals surface area (Å²) < 4.78 is 46.4. The van der Waals surface area contributed by atoms with E-state index in [0.717, 1.165) is 17.2 Å². The van der Waals surface area contributed by atoms with Crippen LogP contribution >= 0.6 is 0 Å². The van der Waals surface area contributed by atoms with Gasteiger partial charge < -0.3 is 14.6 Å². The van der Waals surface area contributed by atoms with Gasteiger partial charge in [-0.1, -0.05) is 12.1 Å². The Morgan fingerprint density at radius 3 is 2.47 bits per heavy atom. The van der Waals surface area contributed by atoms with Gasteiger partial charge >= 0.3 is 12.1 Å². The van der Waals surface area contributed by atoms with Gasteiger partial charge in [-0.2, -0.15) is 18.3 Å². The Morgan fingerprint density at radius 1 is 1.12 bits per heavy atom. The Labute approximate surface area is 192 Å². The van der Waals surface area contributed by atoms with Crippen molar-refractivity contribution in [1.82, 2.24) is 24.6 Å². The lowest BCUT2D eigenvalue weighted by Gasteiger charge is -2.16. The number of aromatic amines is 1. The molecule has 34 heavy (non-hydrogen) atoms. The van der Waals surface area contributed by atoms with E-state index < -0.39 is 23.4 Å². The van der Waals surface area contributed by atoms with Crippen LogP contribution in [-0.4, -0.2) is 50.2 Å². The number of amides is 1. The third-order valence-corrected chi connectivity index (χ3v) is 5.06. The SMILES string of the molecule is CCOC(=O)c1cnn(-c2ccc(C(=O)N(C)Cc3nc4ccccc4[nH]3)cc2)c1C(F)(F)F. The predicted octanol–water partition coefficient (Wildman–Crippen LogP) is 4.22. The molecule has 0 spiro atoms. The zero-order chi connectivity index (χ0) is 24.5. The third-order valence-electron chi connectivity index (χ3n) is 5.06. The molecule has 0 aliphatic carbocycles. The topological polar surface area (TPSA) is 93.1 Å². The summed E-state index contributed by atoms with van der Waals surface area (Å²) in [4.78, 5) is 33.8. The molecule has 4 aromatic rings. The van der Waals surface area contributed by atoms with E-state index in [1.165, 1.54) is 36.1 Å². The van der Waals surface area contributed by atoms with Crippen LogP contribution in [0.2, 0.25) is 0 Å². The first-order valence-corrected chi connectivity index (χ1v) is 10.3. The van der Waals surface area contributed by atoms with Gasteiger partial charge in [0.1, 0.15) is 11.4 Å². The molecule has 2 aromatic carbocycles. The number of benzene rings is 2. The molecular weight excluding hydrogens is 451 g/mol. The molecule has 1 N–H and O–H groups in total. The van der Waals surface area contributed by atoms with Crippen molar-refractivity contribution < 1.29 is 27.5 Å². The van der Waals surface area contributed by atoms with E-state index in [1.54, 1.807) is 7.05 Å². The molecule has 2 heterocycles. The lowest BCUT2D eigenvalue weighted by molar-refractivity contribution is -0.143. The molecule has 0 unspecified atom stereocenters. The van der Waals surface area contributed by atoms with Crippen LogP contribution in [0.25, 0.3) is 16.7 Å². The lowest BCUT2D eigenvalue weighted by Crippen LogP contribution is -2.26. The number of H-pyrrole nitrogens is 1. The fourth-order valence-electron chi connectivity index (χ4n) is 3.52. The quantitative estimate of drug-likeness (QED) is 0.425. The average molecular weight is 471 g/mol. The number of alkyl halides is 3. The zero-order valence-electron chi connectivity index (χ0n) is 18.3. The summed E-state index contributed by atoms with van der Waals surface area (Å²) in [5.74, 6) is -0.845. The number of esters is 1. The molecule has 0 bridgehead atoms. The number of nitrogens with zero attached hydrogens (tertiary/aromatic N) is 4. The summed E-state index contributed by atoms with van der Waals surface area (Å²) in [6, 6.07) is 12.9. The van der Waals surface area contributed by atoms with Crippen LogP contribution in [0.5, 0.6) is 0 Å². The Morgan fingerprint density at radius 2 is 1.82 bits per heavy atom. The molecule has 8 nitrogen and oxygen atoms in total. The molecule has 0 aliphatic heterocycles. The normalized spacial score (nSPS) is 11.6. The minimum absolute atomic E-state index is 0.0411. The van der Waals surface area contributed by atoms with Crippen LogP contribution in [0, 0.1) is 0 Å². The number of para-hydroxylation sites is 2. The van der Waals surface area contributed by atoms with Crippen molar-refractivity contribution in [3.63, 3.8) is 0 Å². The van der Waals surface area contributed by atoms with E-state index in [1.807, 2.05) is 24.3 Å². The molecule has 0 radical (unpaired) electrons. The van der Waals surface area contributed by atoms with Gasteiger partial charge in [-0.05, 0) is 43.3 Å². The summed E-state index contributed by atoms with van der Waals surface area (Å²) in [7, 11) is 1.60. The number of aromatic nitrogens is 4. The predicted molar refractivity (Wildman–Crippen MR) is 116 cm³/mol. The van der Waals surface area contributed by atoms with E-state index >= 15 is 0 Å². The number of rotatable bonds is 6. The first-order chi connectivity index (χ1) is 16.2. The molecule has 0 atom stereocenters. The van der Waals surface area contributed by atoms with Crippen molar-refractivity contribution in [1.29, 1.82) is 0 Å². The molecule has 2 aromatic heterocycles. The lowest BCUT2D eigenvalue weighted by atomic mass is 10.1. The molecular formula is C23H20F3N5O3. The molecule has 0 aliphatic rings. The summed E-state index contributed by atoms with van der Waals surface area (Å²) in [6.07, 6.45) is -4.03. The fourth-order valence-corrected chi connectivity index (χ4v) is 3.52. The second-order valence-corrected chi connectivity index (χ2v) is 7.45. The molecule has 4 rings (SSSR count). The number of fused-ring (bicyclic) bond motifs is 1. The highest BCUT2D eigenvalue weighted by atomic mass is 19.4. The number of carbonyl (C=O) groups excluding carboxylic acids is 2. The largest absolute Gasteiger partial charge is 0.462 e. The van der Waals surface area contributed by atoms with Gasteiger partial charge in [-0.25, -0.2) is 14.5 Å². The summed E-state index contributed by atoms with van der Waals surface area (Å²) in [5.41, 5.74) is 0.0225. The van der Waals surface area contributed by atoms with Crippen molar-refractivity contribution in [3.8, 4) is 5.69 Å². The minimum Gasteiger partial charge on any atom is -0.462 e. The van der Waals surface area contributed by atoms with Crippen LogP contribution in [0.4, 0.5) is 13.2 Å². The van der Waals surface area contributed by atoms with Gasteiger partial charge in [-0.15, -0.1) is 0 Å². The summed E-state index contributed by atoms with van der Waals surface area (Å²) in [5, 5.41) is 3.73. The van der Waals surface area contributed by atoms with Gasteiger partial charge in [0, 0.05) is 12.6 Å². The van der Waals surface area contributed by atoms with Gasteiger partial charge in [0.2, 0.25) is 0 Å². The van der Waals surface area contributed by atoms with Gasteiger partial charge in [0.15, 0.2) is 5.69 Å². The van der Waals surface area contributed by atoms with Crippen LogP contribution in [0.15, 0.2) is 54.7 Å². The number of imidazole rings is 1. The number of ether oxygens (including phenoxy) is 1. The number of nitrogens with one attached hydrogen (secondary N) is 1. The van der Waals surface area contributed by atoms with Crippen molar-refractivity contribution >= 4 is 22.9 Å². The summed E-state index contributed by atoms with van der Waals surface area (Å²) in [6.45, 7) is 1.64. The first-order valence-electron chi connectivity index (χ1n) is 10.3. The maximum absolute atomic E-state index is 13.7. The Bertz CT molecular complexity index is 1310. The maximum atomic E-state index is 13.7. The highest BCUT2D eigenvalue weighted by molar-refractivity contribution is 5.94. The van der Waals surface area contributed by atoms with Gasteiger partial charge in [-0.3, -0.25) is 4.79 Å². The van der Waals surface area contributed by atoms with Crippen molar-refractivity contribution in [2.75, 3.05) is 13.7 Å². The third kappa shape index (κ3) is 4.49. The van der Waals surface area contributed by atoms with Crippen molar-refractivity contribution in [2.45, 2.75) is 19.6 Å². The Kier molecular flexibility index (Phi) is 6.10. The Hall–Kier alpha value is -4.15. The van der Waals surface area contributed by atoms with Gasteiger partial charge in [0.05, 0.1) is 36.1 Å². The fraction of sp³-hybridized carbons (Fsp3) is 0.217. The highest BCUT2D eigenvalue weighted by Crippen LogP contribution is 2.34. The second-order valence-electron chi connectivity index (χ2n) is 7.45. The highest BCUT2D eigenvalue weighted by Gasteiger charge is 2.41. The summed E-state index contributed by atoms with van der Waals surface area (Å²) >= 11 is 0. The van der Waals surface area contributed by atoms with Crippen LogP contribution in [0.1, 0.15) is 39.2 Å². The number of hydrogen-bond donors (Lipinski definition) is 1. The molecule has 0 fully saturated rings. The maximum Gasteiger partial charge on any atom is 0.434 e. The number of carbonyl (C=O) groups is 2. The first kappa shape index (κ1) is 23.0. The van der Waals surface area contributed by atoms with E-state index in [0.29, 0.717) is 10.5 Å².